The Hall–Kier alpha value is -0.960. The third-order valence-electron chi connectivity index (χ3n) is 2.17. The summed E-state index contributed by atoms with van der Waals surface area (Å²) in [5.74, 6) is 0.709. The second kappa shape index (κ2) is 6.59. The molecular weight excluding hydrogens is 220 g/mol. The summed E-state index contributed by atoms with van der Waals surface area (Å²) < 4.78 is 0. The van der Waals surface area contributed by atoms with Gasteiger partial charge in [-0.3, -0.25) is 4.79 Å². The molecule has 0 amide bonds. The maximum Gasteiger partial charge on any atom is 0.316 e. The second-order valence-corrected chi connectivity index (χ2v) is 5.48. The molecule has 0 saturated heterocycles. The van der Waals surface area contributed by atoms with Crippen molar-refractivity contribution in [2.75, 3.05) is 5.75 Å². The minimum atomic E-state index is -0.713. The van der Waals surface area contributed by atoms with Crippen LogP contribution in [-0.2, 0) is 11.2 Å². The fraction of sp³-hybridized carbons (Fsp3) is 0.462. The largest absolute Gasteiger partial charge is 0.480 e. The van der Waals surface area contributed by atoms with Crippen LogP contribution < -0.4 is 0 Å². The molecule has 1 unspecified atom stereocenters. The number of carboxylic acids is 1. The molecule has 0 bridgehead atoms. The Bertz CT molecular complexity index is 322. The molecule has 0 heterocycles. The molecular formula is C13H18O2S. The van der Waals surface area contributed by atoms with Crippen molar-refractivity contribution in [2.24, 2.45) is 5.92 Å². The van der Waals surface area contributed by atoms with E-state index in [0.717, 1.165) is 11.3 Å². The number of rotatable bonds is 6. The zero-order valence-corrected chi connectivity index (χ0v) is 10.5. The summed E-state index contributed by atoms with van der Waals surface area (Å²) in [4.78, 5) is 11.1. The van der Waals surface area contributed by atoms with Crippen molar-refractivity contribution in [2.45, 2.75) is 25.5 Å². The third kappa shape index (κ3) is 4.71. The Morgan fingerprint density at radius 3 is 2.44 bits per heavy atom. The van der Waals surface area contributed by atoms with E-state index in [1.807, 2.05) is 30.3 Å². The predicted molar refractivity (Wildman–Crippen MR) is 68.9 cm³/mol. The van der Waals surface area contributed by atoms with Crippen LogP contribution in [0.4, 0.5) is 0 Å². The van der Waals surface area contributed by atoms with Gasteiger partial charge in [-0.2, -0.15) is 0 Å². The molecule has 88 valence electrons. The molecule has 0 saturated carbocycles. The summed E-state index contributed by atoms with van der Waals surface area (Å²) in [7, 11) is 0. The van der Waals surface area contributed by atoms with Crippen LogP contribution in [0.5, 0.6) is 0 Å². The average Bonchev–Trinajstić information content (AvgIpc) is 2.25. The lowest BCUT2D eigenvalue weighted by molar-refractivity contribution is -0.136. The summed E-state index contributed by atoms with van der Waals surface area (Å²) in [6, 6.07) is 9.79. The first kappa shape index (κ1) is 13.1. The van der Waals surface area contributed by atoms with Gasteiger partial charge in [-0.15, -0.1) is 11.8 Å². The van der Waals surface area contributed by atoms with Crippen LogP contribution in [0.2, 0.25) is 0 Å². The quantitative estimate of drug-likeness (QED) is 0.827. The lowest BCUT2D eigenvalue weighted by atomic mass is 10.1. The molecule has 0 aliphatic rings. The lowest BCUT2D eigenvalue weighted by Gasteiger charge is -2.13. The predicted octanol–water partition coefficient (Wildman–Crippen LogP) is 3.07. The van der Waals surface area contributed by atoms with Crippen LogP contribution in [-0.4, -0.2) is 22.1 Å². The first-order valence-electron chi connectivity index (χ1n) is 5.48. The van der Waals surface area contributed by atoms with E-state index in [0.29, 0.717) is 12.3 Å². The van der Waals surface area contributed by atoms with Gasteiger partial charge in [0.05, 0.1) is 0 Å². The highest BCUT2D eigenvalue weighted by Gasteiger charge is 2.18. The van der Waals surface area contributed by atoms with E-state index in [9.17, 15) is 4.79 Å². The van der Waals surface area contributed by atoms with E-state index in [1.54, 1.807) is 0 Å². The van der Waals surface area contributed by atoms with Crippen molar-refractivity contribution < 1.29 is 9.90 Å². The Morgan fingerprint density at radius 2 is 1.94 bits per heavy atom. The van der Waals surface area contributed by atoms with E-state index in [2.05, 4.69) is 13.8 Å². The molecule has 0 radical (unpaired) electrons. The molecule has 1 N–H and O–H groups in total. The summed E-state index contributed by atoms with van der Waals surface area (Å²) in [5.41, 5.74) is 1.09. The number of carboxylic acid groups (broad SMARTS) is 1. The highest BCUT2D eigenvalue weighted by atomic mass is 32.2. The molecule has 0 aliphatic heterocycles. The highest BCUT2D eigenvalue weighted by Crippen LogP contribution is 2.19. The molecule has 1 rings (SSSR count). The lowest BCUT2D eigenvalue weighted by Crippen LogP contribution is -2.20. The fourth-order valence-corrected chi connectivity index (χ4v) is 2.42. The summed E-state index contributed by atoms with van der Waals surface area (Å²) >= 11 is 1.53. The first-order chi connectivity index (χ1) is 7.59. The van der Waals surface area contributed by atoms with Crippen LogP contribution in [0.3, 0.4) is 0 Å². The van der Waals surface area contributed by atoms with Gasteiger partial charge in [0.1, 0.15) is 5.25 Å². The second-order valence-electron chi connectivity index (χ2n) is 4.24. The topological polar surface area (TPSA) is 37.3 Å². The van der Waals surface area contributed by atoms with Crippen molar-refractivity contribution in [3.63, 3.8) is 0 Å². The van der Waals surface area contributed by atoms with Crippen molar-refractivity contribution in [3.05, 3.63) is 35.9 Å². The standard InChI is InChI=1S/C13H18O2S/c1-10(2)9-16-12(13(14)15)8-11-6-4-3-5-7-11/h3-7,10,12H,8-9H2,1-2H3,(H,14,15). The van der Waals surface area contributed by atoms with Gasteiger partial charge in [0, 0.05) is 0 Å². The van der Waals surface area contributed by atoms with Crippen molar-refractivity contribution in [3.8, 4) is 0 Å². The molecule has 0 aliphatic carbocycles. The van der Waals surface area contributed by atoms with Gasteiger partial charge >= 0.3 is 5.97 Å². The molecule has 1 atom stereocenters. The highest BCUT2D eigenvalue weighted by molar-refractivity contribution is 8.00. The van der Waals surface area contributed by atoms with E-state index < -0.39 is 5.97 Å². The van der Waals surface area contributed by atoms with Crippen LogP contribution >= 0.6 is 11.8 Å². The van der Waals surface area contributed by atoms with Gasteiger partial charge in [0.25, 0.3) is 0 Å². The number of thioether (sulfide) groups is 1. The molecule has 16 heavy (non-hydrogen) atoms. The van der Waals surface area contributed by atoms with Gasteiger partial charge in [0.15, 0.2) is 0 Å². The molecule has 0 aromatic heterocycles. The minimum Gasteiger partial charge on any atom is -0.480 e. The van der Waals surface area contributed by atoms with Crippen molar-refractivity contribution >= 4 is 17.7 Å². The molecule has 3 heteroatoms. The van der Waals surface area contributed by atoms with Crippen molar-refractivity contribution in [1.29, 1.82) is 0 Å². The fourth-order valence-electron chi connectivity index (χ4n) is 1.35. The minimum absolute atomic E-state index is 0.329. The third-order valence-corrected chi connectivity index (χ3v) is 3.80. The number of carbonyl (C=O) groups is 1. The summed E-state index contributed by atoms with van der Waals surface area (Å²) in [5, 5.41) is 8.80. The smallest absolute Gasteiger partial charge is 0.316 e. The zero-order valence-electron chi connectivity index (χ0n) is 9.72. The number of aliphatic carboxylic acids is 1. The Balaban J connectivity index is 2.55. The van der Waals surface area contributed by atoms with E-state index in [4.69, 9.17) is 5.11 Å². The van der Waals surface area contributed by atoms with Crippen LogP contribution in [0.25, 0.3) is 0 Å². The van der Waals surface area contributed by atoms with E-state index in [-0.39, 0.29) is 5.25 Å². The number of hydrogen-bond donors (Lipinski definition) is 1. The molecule has 0 fully saturated rings. The maximum atomic E-state index is 11.1. The SMILES string of the molecule is CC(C)CSC(Cc1ccccc1)C(=O)O. The molecule has 2 nitrogen and oxygen atoms in total. The monoisotopic (exact) mass is 238 g/mol. The normalized spacial score (nSPS) is 12.7. The average molecular weight is 238 g/mol. The van der Waals surface area contributed by atoms with Crippen LogP contribution in [0, 0.1) is 5.92 Å². The number of benzene rings is 1. The van der Waals surface area contributed by atoms with E-state index in [1.165, 1.54) is 11.8 Å². The summed E-state index contributed by atoms with van der Waals surface area (Å²) in [6.07, 6.45) is 0.605. The summed E-state index contributed by atoms with van der Waals surface area (Å²) in [6.45, 7) is 4.21. The van der Waals surface area contributed by atoms with Gasteiger partial charge in [-0.25, -0.2) is 0 Å². The van der Waals surface area contributed by atoms with Crippen LogP contribution in [0.15, 0.2) is 30.3 Å². The number of hydrogen-bond acceptors (Lipinski definition) is 2. The molecule has 1 aromatic rings. The van der Waals surface area contributed by atoms with E-state index >= 15 is 0 Å². The Labute approximate surface area is 101 Å². The first-order valence-corrected chi connectivity index (χ1v) is 6.52. The Morgan fingerprint density at radius 1 is 1.31 bits per heavy atom. The van der Waals surface area contributed by atoms with Gasteiger partial charge in [0.2, 0.25) is 0 Å². The van der Waals surface area contributed by atoms with Gasteiger partial charge < -0.3 is 5.11 Å². The molecule has 1 aromatic carbocycles. The van der Waals surface area contributed by atoms with Crippen molar-refractivity contribution in [1.82, 2.24) is 0 Å². The zero-order chi connectivity index (χ0) is 12.0. The van der Waals surface area contributed by atoms with Gasteiger partial charge in [-0.1, -0.05) is 44.2 Å². The van der Waals surface area contributed by atoms with Crippen LogP contribution in [0.1, 0.15) is 19.4 Å². The van der Waals surface area contributed by atoms with Gasteiger partial charge in [-0.05, 0) is 23.7 Å². The maximum absolute atomic E-state index is 11.1. The Kier molecular flexibility index (Phi) is 5.39. The molecule has 0 spiro atoms.